The first-order valence-electron chi connectivity index (χ1n) is 6.87. The van der Waals surface area contributed by atoms with Gasteiger partial charge in [-0.3, -0.25) is 4.79 Å². The molecule has 7 nitrogen and oxygen atoms in total. The fraction of sp³-hybridized carbons (Fsp3) is 0.286. The van der Waals surface area contributed by atoms with E-state index in [4.69, 9.17) is 5.11 Å². The van der Waals surface area contributed by atoms with E-state index in [1.165, 1.54) is 23.6 Å². The summed E-state index contributed by atoms with van der Waals surface area (Å²) >= 11 is 1.15. The fourth-order valence-electron chi connectivity index (χ4n) is 1.67. The number of nitrogens with one attached hydrogen (secondary N) is 1. The van der Waals surface area contributed by atoms with Gasteiger partial charge in [0.1, 0.15) is 5.69 Å². The maximum absolute atomic E-state index is 12.1. The molecule has 0 aliphatic heterocycles. The molecule has 2 aromatic heterocycles. The maximum Gasteiger partial charge on any atom is 0.422 e. The van der Waals surface area contributed by atoms with Crippen LogP contribution in [0.2, 0.25) is 0 Å². The normalized spacial score (nSPS) is 11.2. The van der Waals surface area contributed by atoms with Gasteiger partial charge in [0.25, 0.3) is 5.91 Å². The number of ether oxygens (including phenoxy) is 1. The summed E-state index contributed by atoms with van der Waals surface area (Å²) in [5, 5.41) is 13.2. The lowest BCUT2D eigenvalue weighted by molar-refractivity contribution is -0.154. The van der Waals surface area contributed by atoms with E-state index in [1.807, 2.05) is 0 Å². The maximum atomic E-state index is 12.1. The second-order valence-electron chi connectivity index (χ2n) is 4.70. The molecule has 0 aliphatic rings. The molecule has 2 aromatic rings. The highest BCUT2D eigenvalue weighted by molar-refractivity contribution is 7.09. The number of alkyl halides is 3. The number of carbonyl (C=O) groups is 2. The van der Waals surface area contributed by atoms with Gasteiger partial charge in [0.15, 0.2) is 12.3 Å². The molecule has 0 atom stereocenters. The van der Waals surface area contributed by atoms with Crippen molar-refractivity contribution in [1.29, 1.82) is 0 Å². The number of halogens is 3. The molecule has 0 bridgehead atoms. The lowest BCUT2D eigenvalue weighted by atomic mass is 10.3. The van der Waals surface area contributed by atoms with Gasteiger partial charge in [-0.2, -0.15) is 13.2 Å². The molecule has 1 amide bonds. The minimum atomic E-state index is -4.50. The van der Waals surface area contributed by atoms with Gasteiger partial charge in [-0.1, -0.05) is 6.07 Å². The van der Waals surface area contributed by atoms with E-state index in [0.717, 1.165) is 11.3 Å². The number of carbonyl (C=O) groups excluding carboxylic acids is 1. The van der Waals surface area contributed by atoms with Crippen LogP contribution in [0.4, 0.5) is 13.2 Å². The number of hydrogen-bond donors (Lipinski definition) is 2. The Hall–Kier alpha value is -2.69. The molecule has 0 saturated carbocycles. The number of hydrogen-bond acceptors (Lipinski definition) is 6. The third-order valence-corrected chi connectivity index (χ3v) is 3.64. The van der Waals surface area contributed by atoms with E-state index >= 15 is 0 Å². The first-order valence-corrected chi connectivity index (χ1v) is 7.75. The minimum Gasteiger partial charge on any atom is -0.476 e. The molecular weight excluding hydrogens is 363 g/mol. The van der Waals surface area contributed by atoms with Gasteiger partial charge >= 0.3 is 12.1 Å². The van der Waals surface area contributed by atoms with Crippen LogP contribution in [0, 0.1) is 0 Å². The van der Waals surface area contributed by atoms with Crippen molar-refractivity contribution >= 4 is 23.2 Å². The molecule has 0 aliphatic carbocycles. The van der Waals surface area contributed by atoms with Gasteiger partial charge in [-0.05, 0) is 6.07 Å². The molecular formula is C14H12F3N3O4S. The molecule has 0 radical (unpaired) electrons. The van der Waals surface area contributed by atoms with Crippen LogP contribution in [0.25, 0.3) is 0 Å². The second kappa shape index (κ2) is 7.92. The van der Waals surface area contributed by atoms with E-state index < -0.39 is 24.7 Å². The van der Waals surface area contributed by atoms with Crippen LogP contribution in [-0.2, 0) is 6.42 Å². The molecule has 0 aromatic carbocycles. The second-order valence-corrected chi connectivity index (χ2v) is 5.65. The highest BCUT2D eigenvalue weighted by atomic mass is 32.1. The number of nitrogens with zero attached hydrogens (tertiary/aromatic N) is 2. The first kappa shape index (κ1) is 18.6. The standard InChI is InChI=1S/C14H12F3N3O4S/c15-14(16,17)7-24-10-3-1-2-8(19-10)12(21)18-5-4-11-20-9(6-25-11)13(22)23/h1-3,6H,4-5,7H2,(H,18,21)(H,22,23). The number of carboxylic acid groups (broad SMARTS) is 1. The zero-order valence-corrected chi connectivity index (χ0v) is 13.4. The van der Waals surface area contributed by atoms with Gasteiger partial charge in [-0.25, -0.2) is 14.8 Å². The van der Waals surface area contributed by atoms with Crippen LogP contribution >= 0.6 is 11.3 Å². The zero-order valence-electron chi connectivity index (χ0n) is 12.5. The summed E-state index contributed by atoms with van der Waals surface area (Å²) in [5.41, 5.74) is -0.160. The Labute approximate surface area is 143 Å². The van der Waals surface area contributed by atoms with E-state index in [9.17, 15) is 22.8 Å². The van der Waals surface area contributed by atoms with E-state index in [1.54, 1.807) is 0 Å². The van der Waals surface area contributed by atoms with Crippen LogP contribution in [0.5, 0.6) is 5.88 Å². The summed E-state index contributed by atoms with van der Waals surface area (Å²) in [6, 6.07) is 3.90. The van der Waals surface area contributed by atoms with E-state index in [0.29, 0.717) is 11.4 Å². The Balaban J connectivity index is 1.86. The van der Waals surface area contributed by atoms with Crippen LogP contribution in [0.15, 0.2) is 23.6 Å². The predicted molar refractivity (Wildman–Crippen MR) is 80.9 cm³/mol. The summed E-state index contributed by atoms with van der Waals surface area (Å²) in [5.74, 6) is -2.03. The van der Waals surface area contributed by atoms with Crippen LogP contribution in [0.3, 0.4) is 0 Å². The Morgan fingerprint density at radius 2 is 2.00 bits per heavy atom. The number of thiazole rings is 1. The molecule has 134 valence electrons. The Bertz CT molecular complexity index is 764. The summed E-state index contributed by atoms with van der Waals surface area (Å²) in [7, 11) is 0. The van der Waals surface area contributed by atoms with Crippen molar-refractivity contribution in [3.63, 3.8) is 0 Å². The number of aromatic nitrogens is 2. The van der Waals surface area contributed by atoms with Crippen LogP contribution in [-0.4, -0.2) is 46.3 Å². The van der Waals surface area contributed by atoms with Crippen molar-refractivity contribution in [1.82, 2.24) is 15.3 Å². The van der Waals surface area contributed by atoms with Gasteiger partial charge in [0.2, 0.25) is 5.88 Å². The average molecular weight is 375 g/mol. The molecule has 2 rings (SSSR count). The van der Waals surface area contributed by atoms with Gasteiger partial charge in [0, 0.05) is 24.4 Å². The number of carboxylic acids is 1. The number of pyridine rings is 1. The Morgan fingerprint density at radius 1 is 1.24 bits per heavy atom. The highest BCUT2D eigenvalue weighted by Crippen LogP contribution is 2.17. The topological polar surface area (TPSA) is 101 Å². The summed E-state index contributed by atoms with van der Waals surface area (Å²) in [6.45, 7) is -1.33. The Morgan fingerprint density at radius 3 is 2.64 bits per heavy atom. The monoisotopic (exact) mass is 375 g/mol. The summed E-state index contributed by atoms with van der Waals surface area (Å²) in [6.07, 6.45) is -4.18. The van der Waals surface area contributed by atoms with Gasteiger partial charge in [-0.15, -0.1) is 11.3 Å². The van der Waals surface area contributed by atoms with E-state index in [-0.39, 0.29) is 23.8 Å². The van der Waals surface area contributed by atoms with Gasteiger partial charge in [0.05, 0.1) is 5.01 Å². The third kappa shape index (κ3) is 6.03. The van der Waals surface area contributed by atoms with Crippen molar-refractivity contribution in [2.45, 2.75) is 12.6 Å². The molecule has 0 saturated heterocycles. The lowest BCUT2D eigenvalue weighted by Gasteiger charge is -2.09. The van der Waals surface area contributed by atoms with E-state index in [2.05, 4.69) is 20.0 Å². The van der Waals surface area contributed by atoms with Crippen LogP contribution in [0.1, 0.15) is 26.0 Å². The SMILES string of the molecule is O=C(O)c1csc(CCNC(=O)c2cccc(OCC(F)(F)F)n2)n1. The first-order chi connectivity index (χ1) is 11.7. The minimum absolute atomic E-state index is 0.0671. The van der Waals surface area contributed by atoms with Crippen LogP contribution < -0.4 is 10.1 Å². The lowest BCUT2D eigenvalue weighted by Crippen LogP contribution is -2.27. The zero-order chi connectivity index (χ0) is 18.4. The van der Waals surface area contributed by atoms with Crippen molar-refractivity contribution < 1.29 is 32.6 Å². The molecule has 25 heavy (non-hydrogen) atoms. The molecule has 2 heterocycles. The molecule has 2 N–H and O–H groups in total. The summed E-state index contributed by atoms with van der Waals surface area (Å²) in [4.78, 5) is 30.2. The average Bonchev–Trinajstić information content (AvgIpc) is 3.02. The predicted octanol–water partition coefficient (Wildman–Crippen LogP) is 2.15. The smallest absolute Gasteiger partial charge is 0.422 e. The highest BCUT2D eigenvalue weighted by Gasteiger charge is 2.28. The van der Waals surface area contributed by atoms with Crippen molar-refractivity contribution in [2.75, 3.05) is 13.2 Å². The number of aromatic carboxylic acids is 1. The molecule has 0 fully saturated rings. The quantitative estimate of drug-likeness (QED) is 0.769. The number of rotatable bonds is 7. The molecule has 0 spiro atoms. The summed E-state index contributed by atoms with van der Waals surface area (Å²) < 4.78 is 40.8. The Kier molecular flexibility index (Phi) is 5.91. The van der Waals surface area contributed by atoms with Crippen molar-refractivity contribution in [2.24, 2.45) is 0 Å². The van der Waals surface area contributed by atoms with Crippen molar-refractivity contribution in [3.8, 4) is 5.88 Å². The fourth-order valence-corrected chi connectivity index (χ4v) is 2.45. The largest absolute Gasteiger partial charge is 0.476 e. The molecule has 0 unspecified atom stereocenters. The number of amides is 1. The van der Waals surface area contributed by atoms with Crippen molar-refractivity contribution in [3.05, 3.63) is 40.0 Å². The third-order valence-electron chi connectivity index (χ3n) is 2.74. The molecule has 11 heteroatoms. The van der Waals surface area contributed by atoms with Gasteiger partial charge < -0.3 is 15.2 Å².